The van der Waals surface area contributed by atoms with E-state index < -0.39 is 18.0 Å². The molecule has 1 aliphatic heterocycles. The summed E-state index contributed by atoms with van der Waals surface area (Å²) in [5.41, 5.74) is 2.04. The highest BCUT2D eigenvalue weighted by atomic mass is 32.2. The summed E-state index contributed by atoms with van der Waals surface area (Å²) in [5.74, 6) is 0.644. The summed E-state index contributed by atoms with van der Waals surface area (Å²) >= 11 is 1.70. The van der Waals surface area contributed by atoms with E-state index in [1.54, 1.807) is 32.9 Å². The Bertz CT molecular complexity index is 1180. The van der Waals surface area contributed by atoms with Gasteiger partial charge in [0, 0.05) is 18.4 Å². The van der Waals surface area contributed by atoms with Crippen molar-refractivity contribution in [3.8, 4) is 11.5 Å². The molecule has 0 radical (unpaired) electrons. The molecule has 1 amide bonds. The molecule has 1 saturated heterocycles. The summed E-state index contributed by atoms with van der Waals surface area (Å²) in [4.78, 5) is 28.3. The molecule has 3 aromatic carbocycles. The highest BCUT2D eigenvalue weighted by Crippen LogP contribution is 2.49. The number of carbonyl (C=O) groups is 2. The van der Waals surface area contributed by atoms with Crippen molar-refractivity contribution in [1.29, 1.82) is 0 Å². The molecule has 7 heteroatoms. The van der Waals surface area contributed by atoms with Crippen LogP contribution >= 0.6 is 11.8 Å². The van der Waals surface area contributed by atoms with Gasteiger partial charge in [0.25, 0.3) is 0 Å². The number of rotatable bonds is 10. The van der Waals surface area contributed by atoms with Crippen LogP contribution in [0.5, 0.6) is 11.5 Å². The Kier molecular flexibility index (Phi) is 8.21. The lowest BCUT2D eigenvalue weighted by molar-refractivity contribution is -0.173. The summed E-state index contributed by atoms with van der Waals surface area (Å²) in [6.45, 7) is 3.63. The lowest BCUT2D eigenvalue weighted by Gasteiger charge is -2.52. The Labute approximate surface area is 216 Å². The third-order valence-electron chi connectivity index (χ3n) is 6.40. The summed E-state index contributed by atoms with van der Waals surface area (Å²) in [6.07, 6.45) is -0.545. The summed E-state index contributed by atoms with van der Waals surface area (Å²) in [5, 5.41) is -0.110. The SMILES string of the molecule is COc1ccc(CN2C(=O)C([C@H](C)OC(C)=O)C2C(Sc2ccccc2)c2cccc(OC)c2)cc1. The third kappa shape index (κ3) is 5.68. The number of hydrogen-bond donors (Lipinski definition) is 0. The van der Waals surface area contributed by atoms with Crippen LogP contribution in [-0.2, 0) is 20.9 Å². The van der Waals surface area contributed by atoms with Crippen molar-refractivity contribution in [3.05, 3.63) is 90.0 Å². The number of amides is 1. The van der Waals surface area contributed by atoms with Crippen LogP contribution in [-0.4, -0.2) is 43.1 Å². The Balaban J connectivity index is 1.73. The molecule has 188 valence electrons. The van der Waals surface area contributed by atoms with E-state index in [2.05, 4.69) is 18.2 Å². The molecule has 4 rings (SSSR count). The Morgan fingerprint density at radius 2 is 1.64 bits per heavy atom. The topological polar surface area (TPSA) is 65.1 Å². The van der Waals surface area contributed by atoms with Gasteiger partial charge in [0.15, 0.2) is 0 Å². The lowest BCUT2D eigenvalue weighted by Crippen LogP contribution is -2.65. The number of esters is 1. The molecule has 0 bridgehead atoms. The molecular formula is C29H31NO5S. The van der Waals surface area contributed by atoms with Crippen LogP contribution in [0.25, 0.3) is 0 Å². The van der Waals surface area contributed by atoms with Crippen LogP contribution in [0.15, 0.2) is 83.8 Å². The van der Waals surface area contributed by atoms with Crippen LogP contribution in [0.2, 0.25) is 0 Å². The van der Waals surface area contributed by atoms with E-state index in [-0.39, 0.29) is 17.2 Å². The monoisotopic (exact) mass is 505 g/mol. The summed E-state index contributed by atoms with van der Waals surface area (Å²) in [7, 11) is 3.28. The zero-order valence-electron chi connectivity index (χ0n) is 20.9. The predicted molar refractivity (Wildman–Crippen MR) is 140 cm³/mol. The summed E-state index contributed by atoms with van der Waals surface area (Å²) in [6, 6.07) is 25.6. The van der Waals surface area contributed by atoms with Crippen molar-refractivity contribution in [1.82, 2.24) is 4.90 Å². The smallest absolute Gasteiger partial charge is 0.302 e. The van der Waals surface area contributed by atoms with Crippen molar-refractivity contribution in [3.63, 3.8) is 0 Å². The zero-order chi connectivity index (χ0) is 25.7. The maximum Gasteiger partial charge on any atom is 0.302 e. The molecule has 1 heterocycles. The molecule has 3 aromatic rings. The van der Waals surface area contributed by atoms with Gasteiger partial charge in [-0.25, -0.2) is 0 Å². The second-order valence-electron chi connectivity index (χ2n) is 8.77. The molecule has 36 heavy (non-hydrogen) atoms. The van der Waals surface area contributed by atoms with E-state index in [9.17, 15) is 9.59 Å². The van der Waals surface area contributed by atoms with Gasteiger partial charge in [-0.3, -0.25) is 9.59 Å². The van der Waals surface area contributed by atoms with E-state index >= 15 is 0 Å². The molecule has 0 spiro atoms. The number of methoxy groups -OCH3 is 2. The second-order valence-corrected chi connectivity index (χ2v) is 9.99. The van der Waals surface area contributed by atoms with Gasteiger partial charge in [0.05, 0.1) is 31.4 Å². The first-order valence-corrected chi connectivity index (χ1v) is 12.8. The van der Waals surface area contributed by atoms with Gasteiger partial charge < -0.3 is 19.1 Å². The number of likely N-dealkylation sites (tertiary alicyclic amines) is 1. The van der Waals surface area contributed by atoms with E-state index in [1.807, 2.05) is 65.6 Å². The minimum atomic E-state index is -0.545. The fourth-order valence-electron chi connectivity index (χ4n) is 4.67. The van der Waals surface area contributed by atoms with E-state index in [1.165, 1.54) is 6.92 Å². The van der Waals surface area contributed by atoms with Crippen LogP contribution in [0, 0.1) is 5.92 Å². The Hall–Kier alpha value is -3.45. The first-order chi connectivity index (χ1) is 17.4. The van der Waals surface area contributed by atoms with E-state index in [0.29, 0.717) is 6.54 Å². The van der Waals surface area contributed by atoms with Crippen molar-refractivity contribution in [2.45, 2.75) is 42.7 Å². The number of carbonyl (C=O) groups excluding carboxylic acids is 2. The fourth-order valence-corrected chi connectivity index (χ4v) is 6.02. The maximum atomic E-state index is 13.5. The molecule has 0 aromatic heterocycles. The maximum absolute atomic E-state index is 13.5. The van der Waals surface area contributed by atoms with E-state index in [0.717, 1.165) is 27.5 Å². The van der Waals surface area contributed by atoms with Gasteiger partial charge in [-0.05, 0) is 54.4 Å². The Morgan fingerprint density at radius 1 is 0.944 bits per heavy atom. The van der Waals surface area contributed by atoms with Crippen LogP contribution in [0.4, 0.5) is 0 Å². The van der Waals surface area contributed by atoms with Crippen molar-refractivity contribution in [2.24, 2.45) is 5.92 Å². The van der Waals surface area contributed by atoms with Gasteiger partial charge in [-0.1, -0.05) is 42.5 Å². The minimum Gasteiger partial charge on any atom is -0.497 e. The molecule has 1 aliphatic rings. The molecule has 6 nitrogen and oxygen atoms in total. The predicted octanol–water partition coefficient (Wildman–Crippen LogP) is 5.52. The minimum absolute atomic E-state index is 0.0221. The molecule has 0 N–H and O–H groups in total. The third-order valence-corrected chi connectivity index (χ3v) is 7.75. The number of ether oxygens (including phenoxy) is 3. The molecule has 0 aliphatic carbocycles. The van der Waals surface area contributed by atoms with Gasteiger partial charge >= 0.3 is 5.97 Å². The van der Waals surface area contributed by atoms with Crippen molar-refractivity contribution < 1.29 is 23.8 Å². The van der Waals surface area contributed by atoms with Crippen LogP contribution in [0.3, 0.4) is 0 Å². The van der Waals surface area contributed by atoms with Gasteiger partial charge in [0.2, 0.25) is 5.91 Å². The summed E-state index contributed by atoms with van der Waals surface area (Å²) < 4.78 is 16.3. The average Bonchev–Trinajstić information content (AvgIpc) is 2.89. The lowest BCUT2D eigenvalue weighted by atomic mass is 9.79. The molecule has 3 unspecified atom stereocenters. The van der Waals surface area contributed by atoms with Gasteiger partial charge in [-0.15, -0.1) is 11.8 Å². The van der Waals surface area contributed by atoms with Crippen LogP contribution < -0.4 is 9.47 Å². The zero-order valence-corrected chi connectivity index (χ0v) is 21.7. The van der Waals surface area contributed by atoms with Gasteiger partial charge in [-0.2, -0.15) is 0 Å². The molecule has 4 atom stereocenters. The van der Waals surface area contributed by atoms with Crippen LogP contribution in [0.1, 0.15) is 30.2 Å². The molecule has 0 saturated carbocycles. The number of thioether (sulfide) groups is 1. The van der Waals surface area contributed by atoms with E-state index in [4.69, 9.17) is 14.2 Å². The normalized spacial score (nSPS) is 18.7. The quantitative estimate of drug-likeness (QED) is 0.206. The first kappa shape index (κ1) is 25.6. The number of benzene rings is 3. The van der Waals surface area contributed by atoms with Crippen molar-refractivity contribution >= 4 is 23.6 Å². The highest BCUT2D eigenvalue weighted by molar-refractivity contribution is 7.99. The Morgan fingerprint density at radius 3 is 2.28 bits per heavy atom. The van der Waals surface area contributed by atoms with Gasteiger partial charge in [0.1, 0.15) is 17.6 Å². The number of hydrogen-bond acceptors (Lipinski definition) is 6. The van der Waals surface area contributed by atoms with Crippen molar-refractivity contribution in [2.75, 3.05) is 14.2 Å². The fraction of sp³-hybridized carbons (Fsp3) is 0.310. The first-order valence-electron chi connectivity index (χ1n) is 11.9. The average molecular weight is 506 g/mol. The standard InChI is InChI=1S/C29H31NO5S/c1-19(35-20(2)31)26-27(30(29(26)32)18-21-13-15-23(33-3)16-14-21)28(36-25-11-6-5-7-12-25)22-9-8-10-24(17-22)34-4/h5-17,19,26-28H,18H2,1-4H3/t19-,26?,27?,28?/m0/s1. The largest absolute Gasteiger partial charge is 0.497 e. The second kappa shape index (κ2) is 11.5. The number of nitrogens with zero attached hydrogens (tertiary/aromatic N) is 1. The molecule has 1 fully saturated rings. The highest BCUT2D eigenvalue weighted by Gasteiger charge is 2.54. The molecular weight excluding hydrogens is 474 g/mol. The number of β-lactam (4-membered cyclic amide) rings is 1.